The number of sulfone groups is 1. The minimum atomic E-state index is -3.20. The van der Waals surface area contributed by atoms with E-state index < -0.39 is 21.1 Å². The standard InChI is InChI=1S/C17H23N3O3S/c1-13(14(2)24(4,22)23)19(3)17(21)10-15-11-18-20(12-15)16-8-6-5-7-9-16/h5-9,11-14H,10H2,1-4H3/t13-,14+/m1/s1. The first-order valence-electron chi connectivity index (χ1n) is 7.73. The van der Waals surface area contributed by atoms with E-state index in [-0.39, 0.29) is 12.3 Å². The molecule has 1 aromatic carbocycles. The number of aromatic nitrogens is 2. The number of likely N-dealkylation sites (N-methyl/N-ethyl adjacent to an activating group) is 1. The van der Waals surface area contributed by atoms with E-state index in [2.05, 4.69) is 5.10 Å². The fourth-order valence-electron chi connectivity index (χ4n) is 2.37. The van der Waals surface area contributed by atoms with Gasteiger partial charge in [-0.25, -0.2) is 13.1 Å². The summed E-state index contributed by atoms with van der Waals surface area (Å²) < 4.78 is 25.0. The van der Waals surface area contributed by atoms with Crippen LogP contribution in [-0.4, -0.2) is 53.6 Å². The summed E-state index contributed by atoms with van der Waals surface area (Å²) in [5.74, 6) is -0.134. The molecule has 2 aromatic rings. The molecule has 6 nitrogen and oxygen atoms in total. The van der Waals surface area contributed by atoms with Crippen LogP contribution >= 0.6 is 0 Å². The lowest BCUT2D eigenvalue weighted by Gasteiger charge is -2.28. The zero-order valence-electron chi connectivity index (χ0n) is 14.4. The lowest BCUT2D eigenvalue weighted by molar-refractivity contribution is -0.130. The molecule has 0 aliphatic heterocycles. The molecule has 0 N–H and O–H groups in total. The summed E-state index contributed by atoms with van der Waals surface area (Å²) in [6.07, 6.45) is 4.84. The maximum absolute atomic E-state index is 12.4. The van der Waals surface area contributed by atoms with Gasteiger partial charge in [0.1, 0.15) is 0 Å². The topological polar surface area (TPSA) is 72.3 Å². The van der Waals surface area contributed by atoms with Gasteiger partial charge in [-0.2, -0.15) is 5.10 Å². The van der Waals surface area contributed by atoms with Gasteiger partial charge in [-0.05, 0) is 31.5 Å². The average molecular weight is 349 g/mol. The van der Waals surface area contributed by atoms with Crippen molar-refractivity contribution in [2.24, 2.45) is 0 Å². The van der Waals surface area contributed by atoms with E-state index in [0.717, 1.165) is 11.3 Å². The highest BCUT2D eigenvalue weighted by molar-refractivity contribution is 7.91. The monoisotopic (exact) mass is 349 g/mol. The first kappa shape index (κ1) is 18.2. The molecule has 0 bridgehead atoms. The van der Waals surface area contributed by atoms with Crippen LogP contribution in [0.3, 0.4) is 0 Å². The molecular weight excluding hydrogens is 326 g/mol. The largest absolute Gasteiger partial charge is 0.341 e. The summed E-state index contributed by atoms with van der Waals surface area (Å²) in [6, 6.07) is 9.24. The maximum atomic E-state index is 12.4. The Morgan fingerprint density at radius 2 is 1.88 bits per heavy atom. The molecule has 24 heavy (non-hydrogen) atoms. The Balaban J connectivity index is 2.06. The predicted octanol–water partition coefficient (Wildman–Crippen LogP) is 1.69. The Morgan fingerprint density at radius 3 is 2.46 bits per heavy atom. The summed E-state index contributed by atoms with van der Waals surface area (Å²) >= 11 is 0. The van der Waals surface area contributed by atoms with Crippen LogP contribution in [0.4, 0.5) is 0 Å². The van der Waals surface area contributed by atoms with Crippen LogP contribution in [0.25, 0.3) is 5.69 Å². The molecule has 130 valence electrons. The zero-order valence-corrected chi connectivity index (χ0v) is 15.2. The van der Waals surface area contributed by atoms with E-state index in [1.807, 2.05) is 36.5 Å². The molecule has 1 heterocycles. The third-order valence-electron chi connectivity index (χ3n) is 4.37. The van der Waals surface area contributed by atoms with Crippen molar-refractivity contribution in [1.29, 1.82) is 0 Å². The van der Waals surface area contributed by atoms with Gasteiger partial charge in [-0.1, -0.05) is 18.2 Å². The van der Waals surface area contributed by atoms with Gasteiger partial charge in [0.15, 0.2) is 9.84 Å². The minimum absolute atomic E-state index is 0.134. The normalized spacial score (nSPS) is 14.2. The van der Waals surface area contributed by atoms with E-state index in [1.54, 1.807) is 31.8 Å². The van der Waals surface area contributed by atoms with Crippen LogP contribution < -0.4 is 0 Å². The van der Waals surface area contributed by atoms with E-state index in [0.29, 0.717) is 0 Å². The lowest BCUT2D eigenvalue weighted by atomic mass is 10.2. The number of amides is 1. The first-order chi connectivity index (χ1) is 11.2. The van der Waals surface area contributed by atoms with Crippen LogP contribution in [-0.2, 0) is 21.1 Å². The van der Waals surface area contributed by atoms with E-state index in [1.165, 1.54) is 11.2 Å². The smallest absolute Gasteiger partial charge is 0.227 e. The second kappa shape index (κ2) is 7.17. The van der Waals surface area contributed by atoms with Gasteiger partial charge in [0, 0.05) is 25.5 Å². The molecule has 0 saturated carbocycles. The summed E-state index contributed by atoms with van der Waals surface area (Å²) in [5, 5.41) is 3.66. The Bertz CT molecular complexity index is 799. The fourth-order valence-corrected chi connectivity index (χ4v) is 3.27. The van der Waals surface area contributed by atoms with Crippen molar-refractivity contribution in [2.75, 3.05) is 13.3 Å². The number of hydrogen-bond donors (Lipinski definition) is 0. The van der Waals surface area contributed by atoms with Gasteiger partial charge in [0.2, 0.25) is 5.91 Å². The number of rotatable bonds is 6. The van der Waals surface area contributed by atoms with Gasteiger partial charge in [-0.3, -0.25) is 4.79 Å². The van der Waals surface area contributed by atoms with Crippen molar-refractivity contribution in [3.05, 3.63) is 48.3 Å². The molecule has 2 atom stereocenters. The van der Waals surface area contributed by atoms with Crippen LogP contribution in [0.15, 0.2) is 42.7 Å². The molecular formula is C17H23N3O3S. The van der Waals surface area contributed by atoms with Gasteiger partial charge < -0.3 is 4.90 Å². The summed E-state index contributed by atoms with van der Waals surface area (Å²) in [6.45, 7) is 3.37. The van der Waals surface area contributed by atoms with Gasteiger partial charge >= 0.3 is 0 Å². The summed E-state index contributed by atoms with van der Waals surface area (Å²) in [5.41, 5.74) is 1.71. The maximum Gasteiger partial charge on any atom is 0.227 e. The van der Waals surface area contributed by atoms with Crippen LogP contribution in [0.2, 0.25) is 0 Å². The third kappa shape index (κ3) is 4.23. The number of hydrogen-bond acceptors (Lipinski definition) is 4. The Kier molecular flexibility index (Phi) is 5.43. The number of para-hydroxylation sites is 1. The van der Waals surface area contributed by atoms with Gasteiger partial charge in [-0.15, -0.1) is 0 Å². The molecule has 1 aromatic heterocycles. The van der Waals surface area contributed by atoms with Crippen molar-refractivity contribution in [1.82, 2.24) is 14.7 Å². The molecule has 1 amide bonds. The van der Waals surface area contributed by atoms with Crippen LogP contribution in [0.1, 0.15) is 19.4 Å². The van der Waals surface area contributed by atoms with Crippen molar-refractivity contribution in [3.63, 3.8) is 0 Å². The van der Waals surface area contributed by atoms with Crippen molar-refractivity contribution >= 4 is 15.7 Å². The van der Waals surface area contributed by atoms with Gasteiger partial charge in [0.25, 0.3) is 0 Å². The van der Waals surface area contributed by atoms with E-state index >= 15 is 0 Å². The fraction of sp³-hybridized carbons (Fsp3) is 0.412. The number of carbonyl (C=O) groups is 1. The minimum Gasteiger partial charge on any atom is -0.341 e. The SMILES string of the molecule is C[C@H]([C@H](C)S(C)(=O)=O)N(C)C(=O)Cc1cnn(-c2ccccc2)c1. The Morgan fingerprint density at radius 1 is 1.25 bits per heavy atom. The summed E-state index contributed by atoms with van der Waals surface area (Å²) in [4.78, 5) is 13.9. The zero-order chi connectivity index (χ0) is 17.9. The highest BCUT2D eigenvalue weighted by Crippen LogP contribution is 2.13. The number of carbonyl (C=O) groups excluding carboxylic acids is 1. The first-order valence-corrected chi connectivity index (χ1v) is 9.69. The van der Waals surface area contributed by atoms with Crippen LogP contribution in [0.5, 0.6) is 0 Å². The quantitative estimate of drug-likeness (QED) is 0.796. The van der Waals surface area contributed by atoms with Crippen molar-refractivity contribution < 1.29 is 13.2 Å². The van der Waals surface area contributed by atoms with E-state index in [4.69, 9.17) is 0 Å². The van der Waals surface area contributed by atoms with Gasteiger partial charge in [0.05, 0.1) is 23.6 Å². The van der Waals surface area contributed by atoms with E-state index in [9.17, 15) is 13.2 Å². The second-order valence-corrected chi connectivity index (χ2v) is 8.49. The number of nitrogens with zero attached hydrogens (tertiary/aromatic N) is 3. The van der Waals surface area contributed by atoms with Crippen molar-refractivity contribution in [2.45, 2.75) is 31.6 Å². The molecule has 0 spiro atoms. The van der Waals surface area contributed by atoms with Crippen LogP contribution in [0, 0.1) is 0 Å². The average Bonchev–Trinajstić information content (AvgIpc) is 3.01. The molecule has 0 aliphatic rings. The highest BCUT2D eigenvalue weighted by Gasteiger charge is 2.28. The number of benzene rings is 1. The molecule has 0 radical (unpaired) electrons. The Labute approximate surface area is 143 Å². The second-order valence-electron chi connectivity index (χ2n) is 6.09. The molecule has 0 unspecified atom stereocenters. The highest BCUT2D eigenvalue weighted by atomic mass is 32.2. The molecule has 0 fully saturated rings. The molecule has 0 saturated heterocycles. The Hall–Kier alpha value is -2.15. The third-order valence-corrected chi connectivity index (χ3v) is 6.12. The van der Waals surface area contributed by atoms with Crippen molar-refractivity contribution in [3.8, 4) is 5.69 Å². The molecule has 0 aliphatic carbocycles. The predicted molar refractivity (Wildman–Crippen MR) is 93.8 cm³/mol. The lowest BCUT2D eigenvalue weighted by Crippen LogP contribution is -2.44. The molecule has 7 heteroatoms. The molecule has 2 rings (SSSR count). The summed E-state index contributed by atoms with van der Waals surface area (Å²) in [7, 11) is -1.56.